The third kappa shape index (κ3) is 5.17. The lowest BCUT2D eigenvalue weighted by Gasteiger charge is -2.34. The molecule has 2 aliphatic rings. The maximum absolute atomic E-state index is 10.2. The summed E-state index contributed by atoms with van der Waals surface area (Å²) in [4.78, 5) is 2.56. The van der Waals surface area contributed by atoms with Crippen molar-refractivity contribution in [1.29, 1.82) is 0 Å². The minimum atomic E-state index is 0.109. The van der Waals surface area contributed by atoms with Gasteiger partial charge in [0.05, 0.1) is 13.2 Å². The van der Waals surface area contributed by atoms with Gasteiger partial charge in [-0.15, -0.1) is 0 Å². The normalized spacial score (nSPS) is 20.2. The SMILES string of the molecule is Oc1ccc2c(c1)[C@@H](c1ccc(OCCCCN3CCCC3)cc1)[C@H](c1ccccc1)CO2. The molecule has 33 heavy (non-hydrogen) atoms. The number of phenolic OH excluding ortho intramolecular Hbond substituents is 1. The standard InChI is InChI=1S/C29H33NO3/c31-24-12-15-28-26(20-24)29(27(21-33-28)22-8-2-1-3-9-22)23-10-13-25(14-11-23)32-19-7-6-18-30-16-4-5-17-30/h1-3,8-15,20,27,29,31H,4-7,16-19,21H2/t27-,29+/m0/s1. The summed E-state index contributed by atoms with van der Waals surface area (Å²) in [6, 6.07) is 24.4. The Hall–Kier alpha value is -2.98. The summed E-state index contributed by atoms with van der Waals surface area (Å²) >= 11 is 0. The zero-order valence-electron chi connectivity index (χ0n) is 19.2. The molecule has 0 saturated carbocycles. The van der Waals surface area contributed by atoms with Crippen LogP contribution < -0.4 is 9.47 Å². The molecular formula is C29H33NO3. The van der Waals surface area contributed by atoms with Crippen molar-refractivity contribution in [2.75, 3.05) is 32.8 Å². The average Bonchev–Trinajstić information content (AvgIpc) is 3.38. The first-order valence-corrected chi connectivity index (χ1v) is 12.2. The van der Waals surface area contributed by atoms with Crippen molar-refractivity contribution in [3.05, 3.63) is 89.5 Å². The molecule has 0 bridgehead atoms. The van der Waals surface area contributed by atoms with Crippen LogP contribution in [0.2, 0.25) is 0 Å². The van der Waals surface area contributed by atoms with Crippen LogP contribution in [0, 0.1) is 0 Å². The number of ether oxygens (including phenoxy) is 2. The number of unbranched alkanes of at least 4 members (excludes halogenated alkanes) is 1. The zero-order valence-corrected chi connectivity index (χ0v) is 19.2. The molecule has 3 aromatic carbocycles. The fourth-order valence-corrected chi connectivity index (χ4v) is 5.21. The van der Waals surface area contributed by atoms with Gasteiger partial charge in [0.2, 0.25) is 0 Å². The summed E-state index contributed by atoms with van der Waals surface area (Å²) < 4.78 is 12.1. The highest BCUT2D eigenvalue weighted by Gasteiger charge is 2.33. The van der Waals surface area contributed by atoms with Crippen LogP contribution in [0.4, 0.5) is 0 Å². The van der Waals surface area contributed by atoms with E-state index in [2.05, 4.69) is 53.4 Å². The van der Waals surface area contributed by atoms with Crippen LogP contribution in [0.15, 0.2) is 72.8 Å². The summed E-state index contributed by atoms with van der Waals surface area (Å²) in [6.45, 7) is 5.09. The molecule has 3 aromatic rings. The van der Waals surface area contributed by atoms with Gasteiger partial charge in [0.15, 0.2) is 0 Å². The van der Waals surface area contributed by atoms with Crippen molar-refractivity contribution < 1.29 is 14.6 Å². The number of hydrogen-bond donors (Lipinski definition) is 1. The summed E-state index contributed by atoms with van der Waals surface area (Å²) in [6.07, 6.45) is 4.98. The van der Waals surface area contributed by atoms with E-state index in [0.717, 1.165) is 30.1 Å². The molecule has 1 fully saturated rings. The Kier molecular flexibility index (Phi) is 6.82. The number of benzene rings is 3. The molecule has 1 saturated heterocycles. The van der Waals surface area contributed by atoms with Crippen molar-refractivity contribution in [1.82, 2.24) is 4.90 Å². The van der Waals surface area contributed by atoms with E-state index < -0.39 is 0 Å². The molecule has 5 rings (SSSR count). The largest absolute Gasteiger partial charge is 0.508 e. The van der Waals surface area contributed by atoms with Crippen LogP contribution in [0.5, 0.6) is 17.2 Å². The first-order valence-electron chi connectivity index (χ1n) is 12.2. The number of rotatable bonds is 8. The third-order valence-electron chi connectivity index (χ3n) is 6.95. The van der Waals surface area contributed by atoms with Gasteiger partial charge in [0, 0.05) is 17.4 Å². The highest BCUT2D eigenvalue weighted by atomic mass is 16.5. The van der Waals surface area contributed by atoms with Gasteiger partial charge in [-0.25, -0.2) is 0 Å². The van der Waals surface area contributed by atoms with Gasteiger partial charge >= 0.3 is 0 Å². The van der Waals surface area contributed by atoms with Gasteiger partial charge in [0.1, 0.15) is 17.2 Å². The minimum Gasteiger partial charge on any atom is -0.508 e. The van der Waals surface area contributed by atoms with Crippen LogP contribution in [0.1, 0.15) is 54.2 Å². The summed E-state index contributed by atoms with van der Waals surface area (Å²) in [5.74, 6) is 2.32. The molecule has 2 heterocycles. The van der Waals surface area contributed by atoms with Crippen LogP contribution >= 0.6 is 0 Å². The second-order valence-corrected chi connectivity index (χ2v) is 9.20. The van der Waals surface area contributed by atoms with Gasteiger partial charge in [-0.2, -0.15) is 0 Å². The van der Waals surface area contributed by atoms with E-state index in [1.165, 1.54) is 50.0 Å². The highest BCUT2D eigenvalue weighted by Crippen LogP contribution is 2.47. The molecule has 172 valence electrons. The van der Waals surface area contributed by atoms with E-state index in [4.69, 9.17) is 9.47 Å². The number of likely N-dealkylation sites (tertiary alicyclic amines) is 1. The highest BCUT2D eigenvalue weighted by molar-refractivity contribution is 5.51. The summed E-state index contributed by atoms with van der Waals surface area (Å²) in [5, 5.41) is 10.2. The summed E-state index contributed by atoms with van der Waals surface area (Å²) in [7, 11) is 0. The molecule has 0 spiro atoms. The Morgan fingerprint density at radius 1 is 0.879 bits per heavy atom. The van der Waals surface area contributed by atoms with Crippen LogP contribution in [-0.2, 0) is 0 Å². The Labute approximate surface area is 196 Å². The fourth-order valence-electron chi connectivity index (χ4n) is 5.21. The number of hydrogen-bond acceptors (Lipinski definition) is 4. The Morgan fingerprint density at radius 2 is 1.67 bits per heavy atom. The first kappa shape index (κ1) is 21.8. The van der Waals surface area contributed by atoms with Crippen molar-refractivity contribution in [2.45, 2.75) is 37.5 Å². The monoisotopic (exact) mass is 443 g/mol. The lowest BCUT2D eigenvalue weighted by Crippen LogP contribution is -2.25. The van der Waals surface area contributed by atoms with E-state index >= 15 is 0 Å². The topological polar surface area (TPSA) is 41.9 Å². The molecule has 1 N–H and O–H groups in total. The van der Waals surface area contributed by atoms with E-state index in [1.54, 1.807) is 6.07 Å². The van der Waals surface area contributed by atoms with Gasteiger partial charge < -0.3 is 19.5 Å². The Morgan fingerprint density at radius 3 is 2.45 bits per heavy atom. The molecule has 4 heteroatoms. The zero-order chi connectivity index (χ0) is 22.5. The summed E-state index contributed by atoms with van der Waals surface area (Å²) in [5.41, 5.74) is 3.49. The number of fused-ring (bicyclic) bond motifs is 1. The van der Waals surface area contributed by atoms with Gasteiger partial charge in [-0.1, -0.05) is 42.5 Å². The molecule has 2 aliphatic heterocycles. The maximum Gasteiger partial charge on any atom is 0.123 e. The third-order valence-corrected chi connectivity index (χ3v) is 6.95. The van der Waals surface area contributed by atoms with Gasteiger partial charge in [-0.3, -0.25) is 0 Å². The van der Waals surface area contributed by atoms with Crippen molar-refractivity contribution in [3.63, 3.8) is 0 Å². The van der Waals surface area contributed by atoms with Crippen molar-refractivity contribution >= 4 is 0 Å². The first-order chi connectivity index (χ1) is 16.3. The molecule has 0 radical (unpaired) electrons. The number of nitrogens with zero attached hydrogens (tertiary/aromatic N) is 1. The van der Waals surface area contributed by atoms with Crippen LogP contribution in [-0.4, -0.2) is 42.9 Å². The Bertz CT molecular complexity index is 1030. The second-order valence-electron chi connectivity index (χ2n) is 9.20. The smallest absolute Gasteiger partial charge is 0.123 e. The number of aromatic hydroxyl groups is 1. The van der Waals surface area contributed by atoms with E-state index in [1.807, 2.05) is 18.2 Å². The molecule has 0 aromatic heterocycles. The quantitative estimate of drug-likeness (QED) is 0.437. The van der Waals surface area contributed by atoms with Crippen LogP contribution in [0.25, 0.3) is 0 Å². The molecule has 0 amide bonds. The minimum absolute atomic E-state index is 0.109. The lowest BCUT2D eigenvalue weighted by molar-refractivity contribution is 0.248. The molecule has 4 nitrogen and oxygen atoms in total. The lowest BCUT2D eigenvalue weighted by atomic mass is 9.76. The predicted octanol–water partition coefficient (Wildman–Crippen LogP) is 5.96. The van der Waals surface area contributed by atoms with Gasteiger partial charge in [0.25, 0.3) is 0 Å². The molecule has 2 atom stereocenters. The van der Waals surface area contributed by atoms with Crippen molar-refractivity contribution in [3.8, 4) is 17.2 Å². The molecule has 0 unspecified atom stereocenters. The number of phenols is 1. The van der Waals surface area contributed by atoms with E-state index in [-0.39, 0.29) is 17.6 Å². The Balaban J connectivity index is 1.29. The predicted molar refractivity (Wildman–Crippen MR) is 131 cm³/mol. The van der Waals surface area contributed by atoms with E-state index in [9.17, 15) is 5.11 Å². The second kappa shape index (κ2) is 10.3. The molecule has 0 aliphatic carbocycles. The average molecular weight is 444 g/mol. The van der Waals surface area contributed by atoms with Crippen LogP contribution in [0.3, 0.4) is 0 Å². The fraction of sp³-hybridized carbons (Fsp3) is 0.379. The molecular weight excluding hydrogens is 410 g/mol. The van der Waals surface area contributed by atoms with Gasteiger partial charge in [-0.05, 0) is 86.8 Å². The maximum atomic E-state index is 10.2. The van der Waals surface area contributed by atoms with E-state index in [0.29, 0.717) is 6.61 Å². The van der Waals surface area contributed by atoms with Crippen molar-refractivity contribution in [2.24, 2.45) is 0 Å².